The first kappa shape index (κ1) is 23.6. The summed E-state index contributed by atoms with van der Waals surface area (Å²) in [4.78, 5) is 28.8. The van der Waals surface area contributed by atoms with Crippen molar-refractivity contribution >= 4 is 28.5 Å². The Morgan fingerprint density at radius 3 is 2.79 bits per heavy atom. The summed E-state index contributed by atoms with van der Waals surface area (Å²) in [5, 5.41) is -0.343. The molecule has 1 unspecified atom stereocenters. The van der Waals surface area contributed by atoms with Crippen LogP contribution in [0.4, 0.5) is 8.78 Å². The van der Waals surface area contributed by atoms with E-state index in [0.29, 0.717) is 51.6 Å². The van der Waals surface area contributed by atoms with Gasteiger partial charge in [-0.1, -0.05) is 11.8 Å². The Morgan fingerprint density at radius 2 is 1.97 bits per heavy atom. The Labute approximate surface area is 222 Å². The summed E-state index contributed by atoms with van der Waals surface area (Å²) in [6, 6.07) is 3.51. The summed E-state index contributed by atoms with van der Waals surface area (Å²) in [6.07, 6.45) is 11.3. The van der Waals surface area contributed by atoms with Crippen LogP contribution in [0.2, 0.25) is 0 Å². The highest BCUT2D eigenvalue weighted by Crippen LogP contribution is 2.45. The summed E-state index contributed by atoms with van der Waals surface area (Å²) < 4.78 is 30.0. The van der Waals surface area contributed by atoms with Crippen molar-refractivity contribution in [2.45, 2.75) is 44.0 Å². The van der Waals surface area contributed by atoms with Gasteiger partial charge in [-0.25, -0.2) is 9.37 Å². The van der Waals surface area contributed by atoms with Gasteiger partial charge in [0.15, 0.2) is 11.0 Å². The lowest BCUT2D eigenvalue weighted by Gasteiger charge is -2.15. The van der Waals surface area contributed by atoms with E-state index < -0.39 is 0 Å². The third kappa shape index (κ3) is 4.03. The van der Waals surface area contributed by atoms with Crippen molar-refractivity contribution in [1.82, 2.24) is 29.8 Å². The topological polar surface area (TPSA) is 82.9 Å². The SMILES string of the molecule is C[C@@H]1N=C(c2nc3c(C4CC=C(F)S4)nccc3[nH]2)c2c1ncc(-c1cncc(CN3CCCC3)c1)c2F. The molecular formula is C28H25F2N7S. The maximum absolute atomic E-state index is 16.3. The average Bonchev–Trinajstić information content (AvgIpc) is 3.71. The predicted molar refractivity (Wildman–Crippen MR) is 144 cm³/mol. The first-order chi connectivity index (χ1) is 18.5. The summed E-state index contributed by atoms with van der Waals surface area (Å²) in [6.45, 7) is 4.86. The van der Waals surface area contributed by atoms with Gasteiger partial charge in [-0.15, -0.1) is 0 Å². The lowest BCUT2D eigenvalue weighted by Crippen LogP contribution is -2.18. The molecule has 2 atom stereocenters. The van der Waals surface area contributed by atoms with Gasteiger partial charge in [0.1, 0.15) is 17.0 Å². The van der Waals surface area contributed by atoms with Gasteiger partial charge in [-0.05, 0) is 63.0 Å². The molecule has 38 heavy (non-hydrogen) atoms. The normalized spacial score (nSPS) is 21.2. The fraction of sp³-hybridized carbons (Fsp3) is 0.321. The standard InChI is InChI=1S/C28H25F2N7S/c1-15-24-22(23(30)18(13-33-24)17-10-16(11-31-12-17)14-37-8-2-3-9-37)27(34-15)28-35-19-6-7-32-26(25(19)36-28)20-4-5-21(29)38-20/h5-7,10-13,15,20H,2-4,8-9,14H2,1H3,(H,35,36)/t15-,20?/m0/s1. The van der Waals surface area contributed by atoms with E-state index in [2.05, 4.69) is 24.8 Å². The number of nitrogens with zero attached hydrogens (tertiary/aromatic N) is 6. The fourth-order valence-corrected chi connectivity index (χ4v) is 6.51. The van der Waals surface area contributed by atoms with E-state index in [1.807, 2.05) is 25.3 Å². The zero-order valence-electron chi connectivity index (χ0n) is 20.8. The van der Waals surface area contributed by atoms with E-state index in [9.17, 15) is 4.39 Å². The third-order valence-corrected chi connectivity index (χ3v) is 8.51. The smallest absolute Gasteiger partial charge is 0.157 e. The van der Waals surface area contributed by atoms with Crippen LogP contribution < -0.4 is 0 Å². The molecule has 0 saturated carbocycles. The first-order valence-corrected chi connectivity index (χ1v) is 13.7. The number of aromatic nitrogens is 5. The zero-order valence-corrected chi connectivity index (χ0v) is 21.6. The number of thioether (sulfide) groups is 1. The molecule has 7 rings (SSSR count). The number of H-pyrrole nitrogens is 1. The second kappa shape index (κ2) is 9.36. The van der Waals surface area contributed by atoms with Gasteiger partial charge < -0.3 is 4.98 Å². The van der Waals surface area contributed by atoms with Crippen molar-refractivity contribution in [1.29, 1.82) is 0 Å². The van der Waals surface area contributed by atoms with Gasteiger partial charge in [-0.3, -0.25) is 24.8 Å². The molecule has 1 saturated heterocycles. The molecule has 4 aromatic heterocycles. The van der Waals surface area contributed by atoms with Crippen molar-refractivity contribution in [2.24, 2.45) is 4.99 Å². The molecule has 1 N–H and O–H groups in total. The largest absolute Gasteiger partial charge is 0.337 e. The number of hydrogen-bond acceptors (Lipinski definition) is 7. The van der Waals surface area contributed by atoms with Gasteiger partial charge >= 0.3 is 0 Å². The van der Waals surface area contributed by atoms with Crippen LogP contribution in [0.25, 0.3) is 22.2 Å². The minimum Gasteiger partial charge on any atom is -0.337 e. The van der Waals surface area contributed by atoms with Crippen LogP contribution in [0, 0.1) is 5.82 Å². The van der Waals surface area contributed by atoms with Gasteiger partial charge in [0.2, 0.25) is 0 Å². The Hall–Kier alpha value is -3.50. The van der Waals surface area contributed by atoms with E-state index in [0.717, 1.165) is 42.5 Å². The molecule has 1 fully saturated rings. The Bertz CT molecular complexity index is 1620. The van der Waals surface area contributed by atoms with Gasteiger partial charge in [0, 0.05) is 42.5 Å². The molecule has 0 bridgehead atoms. The average molecular weight is 530 g/mol. The summed E-state index contributed by atoms with van der Waals surface area (Å²) in [7, 11) is 0. The molecule has 10 heteroatoms. The highest BCUT2D eigenvalue weighted by atomic mass is 32.2. The van der Waals surface area contributed by atoms with Gasteiger partial charge in [0.25, 0.3) is 0 Å². The second-order valence-corrected chi connectivity index (χ2v) is 11.2. The number of likely N-dealkylation sites (tertiary alicyclic amines) is 1. The van der Waals surface area contributed by atoms with Crippen molar-refractivity contribution in [2.75, 3.05) is 13.1 Å². The number of imidazole rings is 1. The highest BCUT2D eigenvalue weighted by molar-refractivity contribution is 8.03. The monoisotopic (exact) mass is 529 g/mol. The Kier molecular flexibility index (Phi) is 5.81. The maximum Gasteiger partial charge on any atom is 0.157 e. The quantitative estimate of drug-likeness (QED) is 0.339. The minimum absolute atomic E-state index is 0.142. The number of rotatable bonds is 5. The molecule has 0 aliphatic carbocycles. The molecule has 0 spiro atoms. The van der Waals surface area contributed by atoms with Crippen molar-refractivity contribution in [3.05, 3.63) is 82.3 Å². The molecule has 4 aromatic rings. The molecule has 7 heterocycles. The van der Waals surface area contributed by atoms with Crippen LogP contribution in [0.15, 0.2) is 53.1 Å². The number of aromatic amines is 1. The third-order valence-electron chi connectivity index (χ3n) is 7.42. The summed E-state index contributed by atoms with van der Waals surface area (Å²) in [5.74, 6) is 0.0738. The molecule has 0 amide bonds. The van der Waals surface area contributed by atoms with Crippen LogP contribution in [0.3, 0.4) is 0 Å². The summed E-state index contributed by atoms with van der Waals surface area (Å²) >= 11 is 1.15. The number of nitrogens with one attached hydrogen (secondary N) is 1. The molecule has 0 radical (unpaired) electrons. The van der Waals surface area contributed by atoms with Crippen molar-refractivity contribution < 1.29 is 8.78 Å². The van der Waals surface area contributed by atoms with Crippen molar-refractivity contribution in [3.63, 3.8) is 0 Å². The van der Waals surface area contributed by atoms with Gasteiger partial charge in [0.05, 0.1) is 33.8 Å². The molecule has 0 aromatic carbocycles. The number of halogens is 2. The molecule has 7 nitrogen and oxygen atoms in total. The Morgan fingerprint density at radius 1 is 1.11 bits per heavy atom. The van der Waals surface area contributed by atoms with Crippen LogP contribution in [0.1, 0.15) is 65.8 Å². The number of fused-ring (bicyclic) bond motifs is 2. The van der Waals surface area contributed by atoms with Crippen molar-refractivity contribution in [3.8, 4) is 11.1 Å². The van der Waals surface area contributed by atoms with Crippen LogP contribution >= 0.6 is 11.8 Å². The molecule has 192 valence electrons. The van der Waals surface area contributed by atoms with E-state index >= 15 is 4.39 Å². The van der Waals surface area contributed by atoms with E-state index in [-0.39, 0.29) is 22.3 Å². The maximum atomic E-state index is 16.3. The molecular weight excluding hydrogens is 504 g/mol. The van der Waals surface area contributed by atoms with Crippen LogP contribution in [-0.4, -0.2) is 48.6 Å². The van der Waals surface area contributed by atoms with E-state index in [1.165, 1.54) is 12.8 Å². The zero-order chi connectivity index (χ0) is 25.8. The lowest BCUT2D eigenvalue weighted by atomic mass is 10.00. The van der Waals surface area contributed by atoms with Crippen LogP contribution in [0.5, 0.6) is 0 Å². The summed E-state index contributed by atoms with van der Waals surface area (Å²) in [5.41, 5.74) is 5.63. The Balaban J connectivity index is 1.27. The highest BCUT2D eigenvalue weighted by Gasteiger charge is 2.32. The van der Waals surface area contributed by atoms with Gasteiger partial charge in [-0.2, -0.15) is 4.39 Å². The number of hydrogen-bond donors (Lipinski definition) is 1. The van der Waals surface area contributed by atoms with Crippen LogP contribution in [-0.2, 0) is 6.54 Å². The number of allylic oxidation sites excluding steroid dienone is 1. The number of pyridine rings is 3. The van der Waals surface area contributed by atoms with E-state index in [4.69, 9.17) is 9.98 Å². The lowest BCUT2D eigenvalue weighted by molar-refractivity contribution is 0.331. The first-order valence-electron chi connectivity index (χ1n) is 12.9. The predicted octanol–water partition coefficient (Wildman–Crippen LogP) is 6.05. The molecule has 3 aliphatic heterocycles. The van der Waals surface area contributed by atoms with E-state index in [1.54, 1.807) is 24.7 Å². The minimum atomic E-state index is -0.380. The molecule has 3 aliphatic rings. The number of aliphatic imine (C=N–C) groups is 1. The second-order valence-electron chi connectivity index (χ2n) is 9.99. The fourth-order valence-electron chi connectivity index (χ4n) is 5.57.